The average molecular weight is 233 g/mol. The van der Waals surface area contributed by atoms with Gasteiger partial charge in [0.05, 0.1) is 18.5 Å². The number of pyridine rings is 1. The molecule has 0 unspecified atom stereocenters. The van der Waals surface area contributed by atoms with Gasteiger partial charge in [0.15, 0.2) is 0 Å². The molecular weight excluding hydrogens is 214 g/mol. The maximum Gasteiger partial charge on any atom is 0.136 e. The lowest BCUT2D eigenvalue weighted by molar-refractivity contribution is 0.187. The van der Waals surface area contributed by atoms with Crippen LogP contribution in [-0.4, -0.2) is 26.6 Å². The minimum atomic E-state index is -0.270. The molecule has 2 rings (SSSR count). The second-order valence-electron chi connectivity index (χ2n) is 5.08. The van der Waals surface area contributed by atoms with Gasteiger partial charge < -0.3 is 14.8 Å². The number of nitrogens with zero attached hydrogens (tertiary/aromatic N) is 2. The number of aryl methyl sites for hydroxylation is 1. The van der Waals surface area contributed by atoms with Gasteiger partial charge in [0.1, 0.15) is 5.65 Å². The van der Waals surface area contributed by atoms with Crippen LogP contribution in [0.15, 0.2) is 24.5 Å². The third-order valence-corrected chi connectivity index (χ3v) is 2.87. The molecule has 0 atom stereocenters. The highest BCUT2D eigenvalue weighted by atomic mass is 16.3. The fourth-order valence-corrected chi connectivity index (χ4v) is 1.65. The third-order valence-electron chi connectivity index (χ3n) is 2.87. The second kappa shape index (κ2) is 4.47. The molecule has 92 valence electrons. The van der Waals surface area contributed by atoms with Crippen molar-refractivity contribution >= 4 is 5.65 Å². The van der Waals surface area contributed by atoms with Gasteiger partial charge in [0, 0.05) is 18.3 Å². The molecule has 17 heavy (non-hydrogen) atoms. The molecule has 2 aromatic rings. The van der Waals surface area contributed by atoms with Gasteiger partial charge >= 0.3 is 0 Å². The number of aromatic nitrogens is 2. The van der Waals surface area contributed by atoms with E-state index in [9.17, 15) is 5.11 Å². The van der Waals surface area contributed by atoms with Gasteiger partial charge in [0.2, 0.25) is 0 Å². The highest BCUT2D eigenvalue weighted by molar-refractivity contribution is 5.41. The Kier molecular flexibility index (Phi) is 3.17. The Bertz CT molecular complexity index is 516. The summed E-state index contributed by atoms with van der Waals surface area (Å²) in [5.41, 5.74) is 2.99. The molecule has 0 aromatic carbocycles. The molecule has 0 fully saturated rings. The molecule has 0 aliphatic heterocycles. The minimum absolute atomic E-state index is 0.114. The van der Waals surface area contributed by atoms with Crippen LogP contribution in [0, 0.1) is 6.92 Å². The van der Waals surface area contributed by atoms with Crippen LogP contribution in [-0.2, 0) is 6.54 Å². The highest BCUT2D eigenvalue weighted by Crippen LogP contribution is 2.10. The largest absolute Gasteiger partial charge is 0.394 e. The summed E-state index contributed by atoms with van der Waals surface area (Å²) in [4.78, 5) is 4.35. The molecule has 0 bridgehead atoms. The van der Waals surface area contributed by atoms with Gasteiger partial charge in [0.25, 0.3) is 0 Å². The van der Waals surface area contributed by atoms with Crippen molar-refractivity contribution in [3.63, 3.8) is 0 Å². The van der Waals surface area contributed by atoms with E-state index in [2.05, 4.69) is 33.9 Å². The van der Waals surface area contributed by atoms with Gasteiger partial charge in [-0.15, -0.1) is 0 Å². The molecule has 2 heterocycles. The van der Waals surface area contributed by atoms with Crippen molar-refractivity contribution in [1.29, 1.82) is 0 Å². The number of hydrogen-bond donors (Lipinski definition) is 2. The van der Waals surface area contributed by atoms with E-state index in [4.69, 9.17) is 0 Å². The van der Waals surface area contributed by atoms with Crippen molar-refractivity contribution in [2.75, 3.05) is 6.61 Å². The molecule has 2 aromatic heterocycles. The topological polar surface area (TPSA) is 49.6 Å². The molecule has 0 saturated heterocycles. The summed E-state index contributed by atoms with van der Waals surface area (Å²) in [5.74, 6) is 0. The summed E-state index contributed by atoms with van der Waals surface area (Å²) in [5, 5.41) is 12.5. The van der Waals surface area contributed by atoms with Crippen LogP contribution in [0.3, 0.4) is 0 Å². The monoisotopic (exact) mass is 233 g/mol. The van der Waals surface area contributed by atoms with E-state index in [0.29, 0.717) is 6.54 Å². The van der Waals surface area contributed by atoms with Gasteiger partial charge in [-0.3, -0.25) is 0 Å². The molecular formula is C13H19N3O. The molecule has 4 nitrogen and oxygen atoms in total. The fourth-order valence-electron chi connectivity index (χ4n) is 1.65. The molecule has 0 saturated carbocycles. The summed E-state index contributed by atoms with van der Waals surface area (Å²) in [6.07, 6.45) is 3.94. The number of aliphatic hydroxyl groups is 1. The van der Waals surface area contributed by atoms with Crippen LogP contribution in [0.25, 0.3) is 5.65 Å². The van der Waals surface area contributed by atoms with Crippen LogP contribution in [0.4, 0.5) is 0 Å². The smallest absolute Gasteiger partial charge is 0.136 e. The quantitative estimate of drug-likeness (QED) is 0.841. The van der Waals surface area contributed by atoms with Crippen LogP contribution in [0.5, 0.6) is 0 Å². The predicted molar refractivity (Wildman–Crippen MR) is 67.9 cm³/mol. The number of nitrogens with one attached hydrogen (secondary N) is 1. The zero-order chi connectivity index (χ0) is 12.5. The summed E-state index contributed by atoms with van der Waals surface area (Å²) in [7, 11) is 0. The first kappa shape index (κ1) is 12.1. The van der Waals surface area contributed by atoms with Gasteiger partial charge in [-0.25, -0.2) is 4.98 Å². The van der Waals surface area contributed by atoms with Gasteiger partial charge in [-0.05, 0) is 32.4 Å². The Morgan fingerprint density at radius 2 is 2.18 bits per heavy atom. The number of hydrogen-bond acceptors (Lipinski definition) is 3. The maximum atomic E-state index is 9.20. The SMILES string of the molecule is Cc1ccc2ncc(CNC(C)(C)CO)n2c1. The van der Waals surface area contributed by atoms with Crippen molar-refractivity contribution in [2.24, 2.45) is 0 Å². The van der Waals surface area contributed by atoms with Gasteiger partial charge in [-0.1, -0.05) is 6.07 Å². The maximum absolute atomic E-state index is 9.20. The zero-order valence-electron chi connectivity index (χ0n) is 10.6. The first-order chi connectivity index (χ1) is 8.02. The lowest BCUT2D eigenvalue weighted by Gasteiger charge is -2.23. The van der Waals surface area contributed by atoms with Crippen LogP contribution in [0.2, 0.25) is 0 Å². The molecule has 4 heteroatoms. The third kappa shape index (κ3) is 2.65. The fraction of sp³-hybridized carbons (Fsp3) is 0.462. The standard InChI is InChI=1S/C13H19N3O/c1-10-4-5-12-14-6-11(16(12)8-10)7-15-13(2,3)9-17/h4-6,8,15,17H,7,9H2,1-3H3. The van der Waals surface area contributed by atoms with Crippen LogP contribution < -0.4 is 5.32 Å². The van der Waals surface area contributed by atoms with Crippen molar-refractivity contribution in [3.8, 4) is 0 Å². The van der Waals surface area contributed by atoms with Crippen LogP contribution >= 0.6 is 0 Å². The number of rotatable bonds is 4. The van der Waals surface area contributed by atoms with E-state index in [-0.39, 0.29) is 12.1 Å². The number of aliphatic hydroxyl groups excluding tert-OH is 1. The number of imidazole rings is 1. The summed E-state index contributed by atoms with van der Waals surface area (Å²) in [6.45, 7) is 6.82. The normalized spacial score (nSPS) is 12.2. The van der Waals surface area contributed by atoms with E-state index in [1.807, 2.05) is 26.1 Å². The second-order valence-corrected chi connectivity index (χ2v) is 5.08. The first-order valence-corrected chi connectivity index (χ1v) is 5.80. The van der Waals surface area contributed by atoms with Gasteiger partial charge in [-0.2, -0.15) is 0 Å². The van der Waals surface area contributed by atoms with Crippen molar-refractivity contribution in [3.05, 3.63) is 35.8 Å². The zero-order valence-corrected chi connectivity index (χ0v) is 10.6. The molecule has 0 spiro atoms. The Labute approximate surface area is 101 Å². The Hall–Kier alpha value is -1.39. The van der Waals surface area contributed by atoms with Crippen molar-refractivity contribution in [2.45, 2.75) is 32.9 Å². The van der Waals surface area contributed by atoms with Crippen LogP contribution in [0.1, 0.15) is 25.1 Å². The average Bonchev–Trinajstić information content (AvgIpc) is 2.69. The number of fused-ring (bicyclic) bond motifs is 1. The molecule has 2 N–H and O–H groups in total. The Morgan fingerprint density at radius 1 is 1.41 bits per heavy atom. The predicted octanol–water partition coefficient (Wildman–Crippen LogP) is 1.50. The Morgan fingerprint density at radius 3 is 2.88 bits per heavy atom. The van der Waals surface area contributed by atoms with E-state index >= 15 is 0 Å². The minimum Gasteiger partial charge on any atom is -0.394 e. The molecule has 0 aliphatic carbocycles. The lowest BCUT2D eigenvalue weighted by Crippen LogP contribution is -2.42. The Balaban J connectivity index is 2.22. The van der Waals surface area contributed by atoms with E-state index in [1.165, 1.54) is 5.56 Å². The highest BCUT2D eigenvalue weighted by Gasteiger charge is 2.15. The van der Waals surface area contributed by atoms with E-state index in [1.54, 1.807) is 0 Å². The molecule has 0 amide bonds. The molecule has 0 aliphatic rings. The summed E-state index contributed by atoms with van der Waals surface area (Å²) >= 11 is 0. The van der Waals surface area contributed by atoms with Crippen molar-refractivity contribution < 1.29 is 5.11 Å². The van der Waals surface area contributed by atoms with Crippen molar-refractivity contribution in [1.82, 2.24) is 14.7 Å². The summed E-state index contributed by atoms with van der Waals surface area (Å²) < 4.78 is 2.08. The van der Waals surface area contributed by atoms with E-state index in [0.717, 1.165) is 11.3 Å². The van der Waals surface area contributed by atoms with E-state index < -0.39 is 0 Å². The first-order valence-electron chi connectivity index (χ1n) is 5.80. The summed E-state index contributed by atoms with van der Waals surface area (Å²) in [6, 6.07) is 4.06. The molecule has 0 radical (unpaired) electrons. The lowest BCUT2D eigenvalue weighted by atomic mass is 10.1.